The number of sulfone groups is 1. The van der Waals surface area contributed by atoms with Gasteiger partial charge >= 0.3 is 5.97 Å². The number of hydrogen-bond donors (Lipinski definition) is 1. The average Bonchev–Trinajstić information content (AvgIpc) is 3.18. The zero-order valence-corrected chi connectivity index (χ0v) is 20.7. The number of ether oxygens (including phenoxy) is 2. The minimum Gasteiger partial charge on any atom is -0.462 e. The Hall–Kier alpha value is -2.72. The molecule has 0 atom stereocenters. The first-order valence-electron chi connectivity index (χ1n) is 11.8. The largest absolute Gasteiger partial charge is 0.462 e. The van der Waals surface area contributed by atoms with E-state index in [1.54, 1.807) is 6.92 Å². The number of carbonyl (C=O) groups is 2. The monoisotopic (exact) mass is 491 g/mol. The summed E-state index contributed by atoms with van der Waals surface area (Å²) in [7, 11) is -3.40. The first-order valence-corrected chi connectivity index (χ1v) is 13.5. The average molecular weight is 492 g/mol. The number of aryl methyl sites for hydroxylation is 2. The third kappa shape index (κ3) is 6.44. The Morgan fingerprint density at radius 2 is 2.03 bits per heavy atom. The van der Waals surface area contributed by atoms with Crippen LogP contribution in [0.15, 0.2) is 29.2 Å². The van der Waals surface area contributed by atoms with Crippen molar-refractivity contribution in [2.45, 2.75) is 57.4 Å². The molecule has 1 amide bonds. The van der Waals surface area contributed by atoms with Gasteiger partial charge in [0.2, 0.25) is 0 Å². The normalized spacial score (nSPS) is 15.2. The molecule has 0 aliphatic carbocycles. The van der Waals surface area contributed by atoms with Crippen LogP contribution in [0.2, 0.25) is 0 Å². The van der Waals surface area contributed by atoms with Crippen molar-refractivity contribution in [2.24, 2.45) is 0 Å². The number of esters is 1. The Morgan fingerprint density at radius 1 is 1.24 bits per heavy atom. The highest BCUT2D eigenvalue weighted by Crippen LogP contribution is 2.19. The summed E-state index contributed by atoms with van der Waals surface area (Å²) in [6.45, 7) is 5.99. The van der Waals surface area contributed by atoms with E-state index >= 15 is 0 Å². The van der Waals surface area contributed by atoms with Gasteiger partial charge in [0.1, 0.15) is 0 Å². The zero-order valence-electron chi connectivity index (χ0n) is 19.8. The number of nitrogens with one attached hydrogen (secondary N) is 1. The van der Waals surface area contributed by atoms with Gasteiger partial charge in [-0.15, -0.1) is 0 Å². The summed E-state index contributed by atoms with van der Waals surface area (Å²) in [6.07, 6.45) is 3.39. The summed E-state index contributed by atoms with van der Waals surface area (Å²) in [4.78, 5) is 25.3. The molecule has 2 aromatic rings. The van der Waals surface area contributed by atoms with Crippen molar-refractivity contribution in [1.82, 2.24) is 15.1 Å². The highest BCUT2D eigenvalue weighted by molar-refractivity contribution is 7.91. The van der Waals surface area contributed by atoms with Gasteiger partial charge in [0.25, 0.3) is 5.91 Å². The number of benzene rings is 1. The zero-order chi connectivity index (χ0) is 24.6. The number of aromatic nitrogens is 2. The van der Waals surface area contributed by atoms with Gasteiger partial charge < -0.3 is 14.8 Å². The van der Waals surface area contributed by atoms with E-state index in [0.29, 0.717) is 51.1 Å². The Balaban J connectivity index is 1.65. The van der Waals surface area contributed by atoms with Gasteiger partial charge in [-0.1, -0.05) is 19.9 Å². The minimum atomic E-state index is -3.40. The molecule has 1 aliphatic heterocycles. The van der Waals surface area contributed by atoms with Crippen LogP contribution in [-0.4, -0.2) is 62.2 Å². The summed E-state index contributed by atoms with van der Waals surface area (Å²) in [5.41, 5.74) is 2.49. The first kappa shape index (κ1) is 25.9. The van der Waals surface area contributed by atoms with E-state index in [1.807, 2.05) is 11.6 Å². The minimum absolute atomic E-state index is 0.0381. The third-order valence-electron chi connectivity index (χ3n) is 5.70. The van der Waals surface area contributed by atoms with Crippen LogP contribution in [0.4, 0.5) is 0 Å². The molecule has 0 fully saturated rings. The molecule has 34 heavy (non-hydrogen) atoms. The number of carbonyl (C=O) groups excluding carboxylic acids is 2. The van der Waals surface area contributed by atoms with E-state index in [9.17, 15) is 18.0 Å². The molecule has 0 spiro atoms. The predicted octanol–water partition coefficient (Wildman–Crippen LogP) is 2.57. The molecule has 0 radical (unpaired) electrons. The number of hydrogen-bond acceptors (Lipinski definition) is 7. The van der Waals surface area contributed by atoms with E-state index in [-0.39, 0.29) is 28.7 Å². The maximum absolute atomic E-state index is 12.8. The second kappa shape index (κ2) is 12.1. The van der Waals surface area contributed by atoms with Crippen LogP contribution in [0.3, 0.4) is 0 Å². The maximum atomic E-state index is 12.8. The van der Waals surface area contributed by atoms with Gasteiger partial charge in [-0.3, -0.25) is 9.48 Å². The van der Waals surface area contributed by atoms with Crippen molar-refractivity contribution in [1.29, 1.82) is 0 Å². The lowest BCUT2D eigenvalue weighted by atomic mass is 10.1. The Labute approximate surface area is 200 Å². The fraction of sp³-hybridized carbons (Fsp3) is 0.542. The van der Waals surface area contributed by atoms with Crippen molar-refractivity contribution in [3.63, 3.8) is 0 Å². The van der Waals surface area contributed by atoms with Crippen molar-refractivity contribution >= 4 is 21.7 Å². The first-order chi connectivity index (χ1) is 16.4. The quantitative estimate of drug-likeness (QED) is 0.446. The number of fused-ring (bicyclic) bond motifs is 1. The van der Waals surface area contributed by atoms with E-state index in [2.05, 4.69) is 10.4 Å². The molecule has 186 valence electrons. The Morgan fingerprint density at radius 3 is 2.79 bits per heavy atom. The van der Waals surface area contributed by atoms with E-state index in [1.165, 1.54) is 24.3 Å². The van der Waals surface area contributed by atoms with Gasteiger partial charge in [0.15, 0.2) is 9.84 Å². The SMILES string of the molecule is CCc1nn(CCCOC(=O)c2cccc(S(=O)(=O)CC)c2)c2c1C(=O)NCCCOCCC2. The summed E-state index contributed by atoms with van der Waals surface area (Å²) in [6, 6.07) is 5.89. The van der Waals surface area contributed by atoms with Crippen LogP contribution in [0.5, 0.6) is 0 Å². The van der Waals surface area contributed by atoms with Crippen molar-refractivity contribution in [2.75, 3.05) is 32.1 Å². The molecule has 10 heteroatoms. The van der Waals surface area contributed by atoms with Crippen LogP contribution >= 0.6 is 0 Å². The van der Waals surface area contributed by atoms with Crippen LogP contribution in [-0.2, 0) is 38.7 Å². The molecular formula is C24H33N3O6S. The van der Waals surface area contributed by atoms with E-state index in [4.69, 9.17) is 9.47 Å². The molecule has 0 unspecified atom stereocenters. The molecule has 9 nitrogen and oxygen atoms in total. The molecule has 3 rings (SSSR count). The molecule has 1 aromatic heterocycles. The summed E-state index contributed by atoms with van der Waals surface area (Å²) >= 11 is 0. The lowest BCUT2D eigenvalue weighted by Gasteiger charge is -2.10. The lowest BCUT2D eigenvalue weighted by Crippen LogP contribution is -2.26. The molecule has 0 saturated heterocycles. The molecule has 2 heterocycles. The predicted molar refractivity (Wildman–Crippen MR) is 127 cm³/mol. The fourth-order valence-corrected chi connectivity index (χ4v) is 4.78. The molecule has 0 saturated carbocycles. The smallest absolute Gasteiger partial charge is 0.338 e. The summed E-state index contributed by atoms with van der Waals surface area (Å²) in [5.74, 6) is -0.712. The second-order valence-electron chi connectivity index (χ2n) is 8.09. The molecule has 1 N–H and O–H groups in total. The number of rotatable bonds is 8. The maximum Gasteiger partial charge on any atom is 0.338 e. The van der Waals surface area contributed by atoms with Gasteiger partial charge in [0, 0.05) is 32.7 Å². The lowest BCUT2D eigenvalue weighted by molar-refractivity contribution is 0.0494. The highest BCUT2D eigenvalue weighted by Gasteiger charge is 2.23. The Bertz CT molecular complexity index is 1110. The third-order valence-corrected chi connectivity index (χ3v) is 7.43. The van der Waals surface area contributed by atoms with Crippen LogP contribution < -0.4 is 5.32 Å². The number of nitrogens with zero attached hydrogens (tertiary/aromatic N) is 2. The van der Waals surface area contributed by atoms with Gasteiger partial charge in [0.05, 0.1) is 39.8 Å². The molecule has 1 aliphatic rings. The van der Waals surface area contributed by atoms with Gasteiger partial charge in [-0.25, -0.2) is 13.2 Å². The van der Waals surface area contributed by atoms with Crippen molar-refractivity contribution < 1.29 is 27.5 Å². The standard InChI is InChI=1S/C24H33N3O6S/c1-3-20-22-21(11-6-14-32-15-7-12-25-23(22)28)27(26-20)13-8-16-33-24(29)18-9-5-10-19(17-18)34(30,31)4-2/h5,9-10,17H,3-4,6-8,11-16H2,1-2H3,(H,25,28). The summed E-state index contributed by atoms with van der Waals surface area (Å²) in [5, 5.41) is 7.62. The van der Waals surface area contributed by atoms with Gasteiger partial charge in [-0.05, 0) is 43.9 Å². The van der Waals surface area contributed by atoms with Crippen LogP contribution in [0.1, 0.15) is 65.2 Å². The highest BCUT2D eigenvalue weighted by atomic mass is 32.2. The molecular weight excluding hydrogens is 458 g/mol. The molecule has 1 aromatic carbocycles. The van der Waals surface area contributed by atoms with Crippen molar-refractivity contribution in [3.8, 4) is 0 Å². The van der Waals surface area contributed by atoms with Crippen molar-refractivity contribution in [3.05, 3.63) is 46.8 Å². The topological polar surface area (TPSA) is 117 Å². The fourth-order valence-electron chi connectivity index (χ4n) is 3.85. The van der Waals surface area contributed by atoms with Crippen LogP contribution in [0, 0.1) is 0 Å². The summed E-state index contributed by atoms with van der Waals surface area (Å²) < 4.78 is 37.0. The number of amides is 1. The van der Waals surface area contributed by atoms with Gasteiger partial charge in [-0.2, -0.15) is 5.10 Å². The van der Waals surface area contributed by atoms with E-state index in [0.717, 1.165) is 24.2 Å². The molecule has 0 bridgehead atoms. The van der Waals surface area contributed by atoms with E-state index < -0.39 is 15.8 Å². The van der Waals surface area contributed by atoms with Crippen LogP contribution in [0.25, 0.3) is 0 Å². The Kier molecular flexibility index (Phi) is 9.23. The second-order valence-corrected chi connectivity index (χ2v) is 10.4.